The SMILES string of the molecule is CCCCn1c(=O)c(NC(=O)Nc2c(C(C)C)cc(O)cc2C(C)C)c(-c2cccc(OC)c2)c2cccnc21. The molecule has 0 saturated carbocycles. The average molecular weight is 543 g/mol. The van der Waals surface area contributed by atoms with Gasteiger partial charge in [-0.2, -0.15) is 0 Å². The van der Waals surface area contributed by atoms with Crippen molar-refractivity contribution in [3.8, 4) is 22.6 Å². The number of phenols is 1. The van der Waals surface area contributed by atoms with Crippen LogP contribution in [0.4, 0.5) is 16.2 Å². The molecule has 0 aliphatic carbocycles. The van der Waals surface area contributed by atoms with Crippen molar-refractivity contribution in [1.82, 2.24) is 9.55 Å². The summed E-state index contributed by atoms with van der Waals surface area (Å²) in [5, 5.41) is 17.0. The number of hydrogen-bond donors (Lipinski definition) is 3. The number of anilines is 2. The van der Waals surface area contributed by atoms with E-state index in [2.05, 4.69) is 22.5 Å². The molecule has 8 heteroatoms. The number of rotatable bonds is 9. The maximum absolute atomic E-state index is 14.0. The van der Waals surface area contributed by atoms with Gasteiger partial charge in [0.15, 0.2) is 0 Å². The van der Waals surface area contributed by atoms with Crippen LogP contribution in [-0.2, 0) is 6.54 Å². The Morgan fingerprint density at radius 1 is 1.00 bits per heavy atom. The molecule has 2 heterocycles. The molecular formula is C32H38N4O4. The lowest BCUT2D eigenvalue weighted by molar-refractivity contribution is 0.262. The Morgan fingerprint density at radius 3 is 2.30 bits per heavy atom. The van der Waals surface area contributed by atoms with Gasteiger partial charge in [0.05, 0.1) is 7.11 Å². The molecule has 0 bridgehead atoms. The number of hydrogen-bond acceptors (Lipinski definition) is 5. The van der Waals surface area contributed by atoms with E-state index < -0.39 is 6.03 Å². The number of methoxy groups -OCH3 is 1. The molecular weight excluding hydrogens is 504 g/mol. The Hall–Kier alpha value is -4.33. The zero-order valence-electron chi connectivity index (χ0n) is 24.0. The predicted molar refractivity (Wildman–Crippen MR) is 162 cm³/mol. The van der Waals surface area contributed by atoms with Crippen LogP contribution in [0.3, 0.4) is 0 Å². The van der Waals surface area contributed by atoms with Gasteiger partial charge in [-0.1, -0.05) is 53.2 Å². The number of pyridine rings is 2. The minimum absolute atomic E-state index is 0.0465. The van der Waals surface area contributed by atoms with E-state index in [0.29, 0.717) is 29.2 Å². The van der Waals surface area contributed by atoms with E-state index in [1.165, 1.54) is 0 Å². The fraction of sp³-hybridized carbons (Fsp3) is 0.344. The molecule has 0 aliphatic rings. The van der Waals surface area contributed by atoms with E-state index in [9.17, 15) is 14.7 Å². The van der Waals surface area contributed by atoms with Gasteiger partial charge in [0.25, 0.3) is 5.56 Å². The van der Waals surface area contributed by atoms with E-state index in [1.54, 1.807) is 30.0 Å². The topological polar surface area (TPSA) is 105 Å². The molecule has 3 N–H and O–H groups in total. The Morgan fingerprint density at radius 2 is 1.68 bits per heavy atom. The molecule has 4 rings (SSSR count). The van der Waals surface area contributed by atoms with Crippen molar-refractivity contribution in [2.75, 3.05) is 17.7 Å². The number of ether oxygens (including phenoxy) is 1. The van der Waals surface area contributed by atoms with Gasteiger partial charge in [0.2, 0.25) is 0 Å². The minimum Gasteiger partial charge on any atom is -0.508 e. The summed E-state index contributed by atoms with van der Waals surface area (Å²) in [5.74, 6) is 0.877. The van der Waals surface area contributed by atoms with Crippen LogP contribution in [0.15, 0.2) is 59.5 Å². The number of aromatic nitrogens is 2. The van der Waals surface area contributed by atoms with Gasteiger partial charge in [0.1, 0.15) is 22.8 Å². The highest BCUT2D eigenvalue weighted by Crippen LogP contribution is 2.37. The number of aromatic hydroxyl groups is 1. The molecule has 0 saturated heterocycles. The Kier molecular flexibility index (Phi) is 8.77. The predicted octanol–water partition coefficient (Wildman–Crippen LogP) is 7.47. The lowest BCUT2D eigenvalue weighted by atomic mass is 9.92. The first-order chi connectivity index (χ1) is 19.2. The summed E-state index contributed by atoms with van der Waals surface area (Å²) in [6, 6.07) is 14.0. The van der Waals surface area contributed by atoms with Gasteiger partial charge in [-0.15, -0.1) is 0 Å². The summed E-state index contributed by atoms with van der Waals surface area (Å²) < 4.78 is 7.09. The number of fused-ring (bicyclic) bond motifs is 1. The first kappa shape index (κ1) is 28.7. The van der Waals surface area contributed by atoms with Crippen molar-refractivity contribution in [2.45, 2.75) is 65.8 Å². The number of benzene rings is 2. The number of phenolic OH excluding ortho intramolecular Hbond substituents is 1. The highest BCUT2D eigenvalue weighted by Gasteiger charge is 2.23. The highest BCUT2D eigenvalue weighted by molar-refractivity contribution is 6.08. The van der Waals surface area contributed by atoms with Crippen molar-refractivity contribution in [2.24, 2.45) is 0 Å². The lowest BCUT2D eigenvalue weighted by Gasteiger charge is -2.22. The first-order valence-electron chi connectivity index (χ1n) is 13.8. The molecule has 2 aromatic carbocycles. The molecule has 2 amide bonds. The Balaban J connectivity index is 1.90. The largest absolute Gasteiger partial charge is 0.508 e. The zero-order chi connectivity index (χ0) is 29.0. The maximum atomic E-state index is 14.0. The second-order valence-electron chi connectivity index (χ2n) is 10.6. The number of urea groups is 1. The molecule has 2 aromatic heterocycles. The van der Waals surface area contributed by atoms with Crippen molar-refractivity contribution in [3.05, 3.63) is 76.2 Å². The van der Waals surface area contributed by atoms with Crippen molar-refractivity contribution < 1.29 is 14.6 Å². The summed E-state index contributed by atoms with van der Waals surface area (Å²) >= 11 is 0. The summed E-state index contributed by atoms with van der Waals surface area (Å²) in [6.45, 7) is 10.6. The monoisotopic (exact) mass is 542 g/mol. The van der Waals surface area contributed by atoms with Crippen LogP contribution in [0.2, 0.25) is 0 Å². The van der Waals surface area contributed by atoms with E-state index in [-0.39, 0.29) is 28.8 Å². The number of aryl methyl sites for hydroxylation is 1. The molecule has 0 spiro atoms. The van der Waals surface area contributed by atoms with Crippen LogP contribution in [0.1, 0.15) is 70.4 Å². The van der Waals surface area contributed by atoms with Crippen LogP contribution in [0, 0.1) is 0 Å². The number of unbranched alkanes of at least 4 members (excludes halogenated alkanes) is 1. The zero-order valence-corrected chi connectivity index (χ0v) is 24.0. The van der Waals surface area contributed by atoms with Gasteiger partial charge >= 0.3 is 6.03 Å². The van der Waals surface area contributed by atoms with E-state index in [1.807, 2.05) is 64.1 Å². The molecule has 8 nitrogen and oxygen atoms in total. The van der Waals surface area contributed by atoms with Crippen molar-refractivity contribution >= 4 is 28.4 Å². The number of nitrogens with one attached hydrogen (secondary N) is 2. The number of amides is 2. The third-order valence-corrected chi connectivity index (χ3v) is 7.02. The molecule has 40 heavy (non-hydrogen) atoms. The van der Waals surface area contributed by atoms with Crippen molar-refractivity contribution in [1.29, 1.82) is 0 Å². The third-order valence-electron chi connectivity index (χ3n) is 7.02. The van der Waals surface area contributed by atoms with Gasteiger partial charge < -0.3 is 20.5 Å². The molecule has 4 aromatic rings. The van der Waals surface area contributed by atoms with Crippen molar-refractivity contribution in [3.63, 3.8) is 0 Å². The summed E-state index contributed by atoms with van der Waals surface area (Å²) in [4.78, 5) is 32.3. The van der Waals surface area contributed by atoms with Crippen LogP contribution >= 0.6 is 0 Å². The summed E-state index contributed by atoms with van der Waals surface area (Å²) in [6.07, 6.45) is 3.36. The Bertz CT molecular complexity index is 1560. The first-order valence-corrected chi connectivity index (χ1v) is 13.8. The second kappa shape index (κ2) is 12.2. The highest BCUT2D eigenvalue weighted by atomic mass is 16.5. The quantitative estimate of drug-likeness (QED) is 0.190. The van der Waals surface area contributed by atoms with Crippen LogP contribution < -0.4 is 20.9 Å². The van der Waals surface area contributed by atoms with E-state index in [0.717, 1.165) is 34.9 Å². The molecule has 210 valence electrons. The number of carbonyl (C=O) groups is 1. The number of carbonyl (C=O) groups excluding carboxylic acids is 1. The average Bonchev–Trinajstić information content (AvgIpc) is 2.93. The fourth-order valence-electron chi connectivity index (χ4n) is 4.98. The summed E-state index contributed by atoms with van der Waals surface area (Å²) in [7, 11) is 1.59. The van der Waals surface area contributed by atoms with Gasteiger partial charge in [0, 0.05) is 29.4 Å². The Labute approximate surface area is 235 Å². The normalized spacial score (nSPS) is 11.3. The van der Waals surface area contributed by atoms with E-state index in [4.69, 9.17) is 4.74 Å². The van der Waals surface area contributed by atoms with Gasteiger partial charge in [-0.3, -0.25) is 9.36 Å². The van der Waals surface area contributed by atoms with Gasteiger partial charge in [-0.25, -0.2) is 9.78 Å². The lowest BCUT2D eigenvalue weighted by Crippen LogP contribution is -2.30. The van der Waals surface area contributed by atoms with Gasteiger partial charge in [-0.05, 0) is 71.3 Å². The smallest absolute Gasteiger partial charge is 0.323 e. The van der Waals surface area contributed by atoms with Crippen LogP contribution in [0.5, 0.6) is 11.5 Å². The minimum atomic E-state index is -0.541. The maximum Gasteiger partial charge on any atom is 0.323 e. The molecule has 0 aliphatic heterocycles. The third kappa shape index (κ3) is 5.81. The molecule has 0 radical (unpaired) electrons. The molecule has 0 fully saturated rings. The standard InChI is InChI=1S/C32H38N4O4/c1-7-8-15-36-30-24(13-10-14-33-30)27(21-11-9-12-23(16-21)40-6)29(31(36)38)35-32(39)34-28-25(19(2)3)17-22(37)18-26(28)20(4)5/h9-14,16-20,37H,7-8,15H2,1-6H3,(H2,34,35,39). The molecule has 0 atom stereocenters. The van der Waals surface area contributed by atoms with Crippen LogP contribution in [-0.4, -0.2) is 27.8 Å². The van der Waals surface area contributed by atoms with E-state index >= 15 is 0 Å². The molecule has 0 unspecified atom stereocenters. The van der Waals surface area contributed by atoms with Crippen LogP contribution in [0.25, 0.3) is 22.2 Å². The summed E-state index contributed by atoms with van der Waals surface area (Å²) in [5.41, 5.74) is 3.97. The second-order valence-corrected chi connectivity index (χ2v) is 10.6. The fourth-order valence-corrected chi connectivity index (χ4v) is 4.98. The number of nitrogens with zero attached hydrogens (tertiary/aromatic N) is 2.